The lowest BCUT2D eigenvalue weighted by atomic mass is 10.1. The van der Waals surface area contributed by atoms with E-state index < -0.39 is 4.92 Å². The Morgan fingerprint density at radius 3 is 2.86 bits per heavy atom. The first-order valence-corrected chi connectivity index (χ1v) is 7.21. The molecule has 0 spiro atoms. The van der Waals surface area contributed by atoms with Gasteiger partial charge in [0.05, 0.1) is 16.7 Å². The average molecular weight is 303 g/mol. The minimum atomic E-state index is -0.438. The van der Waals surface area contributed by atoms with Gasteiger partial charge in [-0.2, -0.15) is 0 Å². The van der Waals surface area contributed by atoms with E-state index in [1.165, 1.54) is 12.1 Å². The number of aliphatic hydroxyl groups is 1. The van der Waals surface area contributed by atoms with Crippen molar-refractivity contribution >= 4 is 5.69 Å². The molecule has 2 aromatic rings. The molecule has 7 heteroatoms. The average Bonchev–Trinajstić information content (AvgIpc) is 2.96. The molecule has 1 fully saturated rings. The molecule has 0 bridgehead atoms. The van der Waals surface area contributed by atoms with E-state index in [1.807, 2.05) is 0 Å². The van der Waals surface area contributed by atoms with E-state index in [0.717, 1.165) is 25.1 Å². The van der Waals surface area contributed by atoms with Crippen molar-refractivity contribution in [1.29, 1.82) is 0 Å². The standard InChI is InChI=1S/C15H17N3O4/c19-14-2-1-7-17(9-14)8-12-10-22-15(16-12)11-3-5-13(6-4-11)18(20)21/h3-6,10,14,19H,1-2,7-9H2/t14-/m1/s1. The largest absolute Gasteiger partial charge is 0.444 e. The van der Waals surface area contributed by atoms with E-state index in [4.69, 9.17) is 4.42 Å². The lowest BCUT2D eigenvalue weighted by Crippen LogP contribution is -2.37. The maximum atomic E-state index is 10.6. The van der Waals surface area contributed by atoms with Crippen LogP contribution in [0.2, 0.25) is 0 Å². The third-order valence-electron chi connectivity index (χ3n) is 3.74. The maximum Gasteiger partial charge on any atom is 0.269 e. The second-order valence-corrected chi connectivity index (χ2v) is 5.48. The van der Waals surface area contributed by atoms with E-state index in [9.17, 15) is 15.2 Å². The normalized spacial score (nSPS) is 19.2. The molecular formula is C15H17N3O4. The van der Waals surface area contributed by atoms with E-state index in [0.29, 0.717) is 24.5 Å². The van der Waals surface area contributed by atoms with Gasteiger partial charge in [0.25, 0.3) is 5.69 Å². The Labute approximate surface area is 127 Å². The summed E-state index contributed by atoms with van der Waals surface area (Å²) in [5.41, 5.74) is 1.54. The Bertz CT molecular complexity index is 653. The number of rotatable bonds is 4. The molecule has 7 nitrogen and oxygen atoms in total. The van der Waals surface area contributed by atoms with Gasteiger partial charge < -0.3 is 9.52 Å². The van der Waals surface area contributed by atoms with Crippen LogP contribution in [0.5, 0.6) is 0 Å². The van der Waals surface area contributed by atoms with Gasteiger partial charge in [-0.25, -0.2) is 4.98 Å². The van der Waals surface area contributed by atoms with Crippen molar-refractivity contribution in [2.75, 3.05) is 13.1 Å². The van der Waals surface area contributed by atoms with E-state index in [2.05, 4.69) is 9.88 Å². The molecule has 1 aliphatic heterocycles. The molecule has 1 atom stereocenters. The van der Waals surface area contributed by atoms with Gasteiger partial charge in [0.2, 0.25) is 5.89 Å². The van der Waals surface area contributed by atoms with Crippen LogP contribution in [0.3, 0.4) is 0 Å². The van der Waals surface area contributed by atoms with Crippen molar-refractivity contribution in [2.24, 2.45) is 0 Å². The van der Waals surface area contributed by atoms with Crippen LogP contribution < -0.4 is 0 Å². The van der Waals surface area contributed by atoms with E-state index >= 15 is 0 Å². The van der Waals surface area contributed by atoms with Crippen LogP contribution in [0.1, 0.15) is 18.5 Å². The molecule has 1 aliphatic rings. The van der Waals surface area contributed by atoms with Gasteiger partial charge in [-0.1, -0.05) is 0 Å². The number of β-amino-alcohol motifs (C(OH)–C–C–N with tert-alkyl or cyclic N) is 1. The minimum Gasteiger partial charge on any atom is -0.444 e. The molecule has 0 amide bonds. The van der Waals surface area contributed by atoms with Gasteiger partial charge in [0.15, 0.2) is 0 Å². The van der Waals surface area contributed by atoms with Crippen molar-refractivity contribution in [3.05, 3.63) is 46.3 Å². The van der Waals surface area contributed by atoms with Crippen molar-refractivity contribution in [3.63, 3.8) is 0 Å². The Hall–Kier alpha value is -2.25. The van der Waals surface area contributed by atoms with E-state index in [1.54, 1.807) is 18.4 Å². The number of benzene rings is 1. The number of nitro benzene ring substituents is 1. The number of piperidine rings is 1. The zero-order chi connectivity index (χ0) is 15.5. The molecule has 1 saturated heterocycles. The summed E-state index contributed by atoms with van der Waals surface area (Å²) in [7, 11) is 0. The number of hydrogen-bond acceptors (Lipinski definition) is 6. The fraction of sp³-hybridized carbons (Fsp3) is 0.400. The molecule has 1 aromatic heterocycles. The molecule has 0 saturated carbocycles. The third-order valence-corrected chi connectivity index (χ3v) is 3.74. The quantitative estimate of drug-likeness (QED) is 0.687. The van der Waals surface area contributed by atoms with Crippen molar-refractivity contribution in [1.82, 2.24) is 9.88 Å². The first-order chi connectivity index (χ1) is 10.6. The number of aromatic nitrogens is 1. The van der Waals surface area contributed by atoms with E-state index in [-0.39, 0.29) is 11.8 Å². The first-order valence-electron chi connectivity index (χ1n) is 7.21. The summed E-state index contributed by atoms with van der Waals surface area (Å²) in [5, 5.41) is 20.3. The van der Waals surface area contributed by atoms with Crippen LogP contribution in [0.25, 0.3) is 11.5 Å². The predicted molar refractivity (Wildman–Crippen MR) is 79.1 cm³/mol. The highest BCUT2D eigenvalue weighted by Gasteiger charge is 2.19. The summed E-state index contributed by atoms with van der Waals surface area (Å²) in [6.07, 6.45) is 3.16. The Morgan fingerprint density at radius 2 is 2.18 bits per heavy atom. The molecular weight excluding hydrogens is 286 g/mol. The van der Waals surface area contributed by atoms with Gasteiger partial charge in [-0.15, -0.1) is 0 Å². The second-order valence-electron chi connectivity index (χ2n) is 5.48. The van der Waals surface area contributed by atoms with Crippen LogP contribution in [0.4, 0.5) is 5.69 Å². The molecule has 0 aliphatic carbocycles. The number of oxazole rings is 1. The van der Waals surface area contributed by atoms with Crippen molar-refractivity contribution in [2.45, 2.75) is 25.5 Å². The number of non-ortho nitro benzene ring substituents is 1. The number of nitrogens with zero attached hydrogens (tertiary/aromatic N) is 3. The number of hydrogen-bond donors (Lipinski definition) is 1. The highest BCUT2D eigenvalue weighted by molar-refractivity contribution is 5.55. The second kappa shape index (κ2) is 6.25. The van der Waals surface area contributed by atoms with Gasteiger partial charge in [0, 0.05) is 30.8 Å². The first kappa shape index (κ1) is 14.7. The topological polar surface area (TPSA) is 92.6 Å². The molecule has 1 aromatic carbocycles. The zero-order valence-electron chi connectivity index (χ0n) is 12.0. The summed E-state index contributed by atoms with van der Waals surface area (Å²) < 4.78 is 5.45. The molecule has 116 valence electrons. The fourth-order valence-electron chi connectivity index (χ4n) is 2.64. The lowest BCUT2D eigenvalue weighted by Gasteiger charge is -2.29. The van der Waals surface area contributed by atoms with Crippen LogP contribution >= 0.6 is 0 Å². The summed E-state index contributed by atoms with van der Waals surface area (Å²) >= 11 is 0. The summed E-state index contributed by atoms with van der Waals surface area (Å²) in [5.74, 6) is 0.447. The minimum absolute atomic E-state index is 0.0397. The number of aliphatic hydroxyl groups excluding tert-OH is 1. The zero-order valence-corrected chi connectivity index (χ0v) is 12.0. The lowest BCUT2D eigenvalue weighted by molar-refractivity contribution is -0.384. The van der Waals surface area contributed by atoms with Crippen LogP contribution in [0.15, 0.2) is 34.9 Å². The number of nitro groups is 1. The molecule has 0 unspecified atom stereocenters. The van der Waals surface area contributed by atoms with Gasteiger partial charge in [-0.3, -0.25) is 15.0 Å². The Balaban J connectivity index is 1.69. The third kappa shape index (κ3) is 3.32. The van der Waals surface area contributed by atoms with Crippen LogP contribution in [-0.2, 0) is 6.54 Å². The fourth-order valence-corrected chi connectivity index (χ4v) is 2.64. The van der Waals surface area contributed by atoms with Gasteiger partial charge >= 0.3 is 0 Å². The molecule has 3 rings (SSSR count). The monoisotopic (exact) mass is 303 g/mol. The molecule has 1 N–H and O–H groups in total. The SMILES string of the molecule is O=[N+]([O-])c1ccc(-c2nc(CN3CCC[C@@H](O)C3)co2)cc1. The predicted octanol–water partition coefficient (Wildman–Crippen LogP) is 2.21. The van der Waals surface area contributed by atoms with Crippen molar-refractivity contribution in [3.8, 4) is 11.5 Å². The van der Waals surface area contributed by atoms with Crippen LogP contribution in [0, 0.1) is 10.1 Å². The smallest absolute Gasteiger partial charge is 0.269 e. The van der Waals surface area contributed by atoms with Crippen molar-refractivity contribution < 1.29 is 14.4 Å². The Morgan fingerprint density at radius 1 is 1.41 bits per heavy atom. The summed E-state index contributed by atoms with van der Waals surface area (Å²) in [6, 6.07) is 6.11. The van der Waals surface area contributed by atoms with Crippen LogP contribution in [-0.4, -0.2) is 39.1 Å². The maximum absolute atomic E-state index is 10.6. The summed E-state index contributed by atoms with van der Waals surface area (Å²) in [4.78, 5) is 16.8. The number of likely N-dealkylation sites (tertiary alicyclic amines) is 1. The summed E-state index contributed by atoms with van der Waals surface area (Å²) in [6.45, 7) is 2.23. The highest BCUT2D eigenvalue weighted by atomic mass is 16.6. The molecule has 2 heterocycles. The molecule has 22 heavy (non-hydrogen) atoms. The highest BCUT2D eigenvalue weighted by Crippen LogP contribution is 2.22. The Kier molecular flexibility index (Phi) is 4.17. The van der Waals surface area contributed by atoms with Gasteiger partial charge in [-0.05, 0) is 31.5 Å². The van der Waals surface area contributed by atoms with Gasteiger partial charge in [0.1, 0.15) is 6.26 Å². The molecule has 0 radical (unpaired) electrons.